The number of benzene rings is 2. The summed E-state index contributed by atoms with van der Waals surface area (Å²) in [7, 11) is 0. The molecule has 1 aliphatic heterocycles. The Labute approximate surface area is 167 Å². The van der Waals surface area contributed by atoms with Gasteiger partial charge in [0.2, 0.25) is 5.91 Å². The number of ether oxygens (including phenoxy) is 1. The number of carbonyl (C=O) groups is 3. The highest BCUT2D eigenvalue weighted by Gasteiger charge is 2.50. The second-order valence-electron chi connectivity index (χ2n) is 6.43. The average molecular weight is 402 g/mol. The maximum absolute atomic E-state index is 12.9. The fourth-order valence-electron chi connectivity index (χ4n) is 3.04. The van der Waals surface area contributed by atoms with Crippen LogP contribution in [0.2, 0.25) is 5.02 Å². The van der Waals surface area contributed by atoms with E-state index in [1.165, 1.54) is 0 Å². The number of imide groups is 1. The molecule has 0 aromatic heterocycles. The molecule has 1 aliphatic rings. The first kappa shape index (κ1) is 19.7. The minimum absolute atomic E-state index is 0.360. The first-order valence-electron chi connectivity index (χ1n) is 8.77. The van der Waals surface area contributed by atoms with Gasteiger partial charge in [0.15, 0.2) is 0 Å². The number of carbonyl (C=O) groups excluding carboxylic acids is 3. The molecule has 0 saturated carbocycles. The molecule has 4 amide bonds. The fourth-order valence-corrected chi connectivity index (χ4v) is 3.36. The molecule has 146 valence electrons. The third kappa shape index (κ3) is 3.80. The van der Waals surface area contributed by atoms with E-state index < -0.39 is 29.9 Å². The quantitative estimate of drug-likeness (QED) is 0.728. The van der Waals surface area contributed by atoms with E-state index in [0.29, 0.717) is 28.6 Å². The van der Waals surface area contributed by atoms with Gasteiger partial charge in [0.25, 0.3) is 5.91 Å². The van der Waals surface area contributed by atoms with Crippen molar-refractivity contribution in [1.29, 1.82) is 0 Å². The van der Waals surface area contributed by atoms with Crippen molar-refractivity contribution in [3.63, 3.8) is 0 Å². The van der Waals surface area contributed by atoms with Crippen molar-refractivity contribution >= 4 is 35.1 Å². The number of anilines is 1. The molecule has 3 rings (SSSR count). The summed E-state index contributed by atoms with van der Waals surface area (Å²) < 4.78 is 5.35. The lowest BCUT2D eigenvalue weighted by molar-refractivity contribution is -0.133. The van der Waals surface area contributed by atoms with E-state index in [0.717, 1.165) is 4.90 Å². The highest BCUT2D eigenvalue weighted by atomic mass is 35.5. The van der Waals surface area contributed by atoms with E-state index in [1.807, 2.05) is 6.92 Å². The van der Waals surface area contributed by atoms with Crippen molar-refractivity contribution in [1.82, 2.24) is 10.2 Å². The lowest BCUT2D eigenvalue weighted by Crippen LogP contribution is -2.42. The highest BCUT2D eigenvalue weighted by Crippen LogP contribution is 2.33. The molecular formula is C20H20ClN3O4. The van der Waals surface area contributed by atoms with E-state index in [-0.39, 0.29) is 0 Å². The highest BCUT2D eigenvalue weighted by molar-refractivity contribution is 6.32. The van der Waals surface area contributed by atoms with Crippen molar-refractivity contribution in [3.8, 4) is 5.75 Å². The van der Waals surface area contributed by atoms with Crippen LogP contribution in [0, 0.1) is 0 Å². The first-order valence-corrected chi connectivity index (χ1v) is 9.14. The number of hydrogen-bond donors (Lipinski definition) is 2. The minimum Gasteiger partial charge on any atom is -0.494 e. The molecule has 0 spiro atoms. The van der Waals surface area contributed by atoms with Crippen LogP contribution in [0.25, 0.3) is 0 Å². The zero-order chi connectivity index (χ0) is 20.3. The Bertz CT molecular complexity index is 916. The summed E-state index contributed by atoms with van der Waals surface area (Å²) in [4.78, 5) is 38.5. The van der Waals surface area contributed by atoms with Gasteiger partial charge in [-0.15, -0.1) is 0 Å². The molecule has 2 aromatic carbocycles. The predicted molar refractivity (Wildman–Crippen MR) is 105 cm³/mol. The number of nitrogens with one attached hydrogen (secondary N) is 2. The van der Waals surface area contributed by atoms with E-state index >= 15 is 0 Å². The first-order chi connectivity index (χ1) is 13.3. The van der Waals surface area contributed by atoms with Gasteiger partial charge in [-0.25, -0.2) is 4.79 Å². The Morgan fingerprint density at radius 2 is 1.86 bits per heavy atom. The number of rotatable bonds is 6. The smallest absolute Gasteiger partial charge is 0.325 e. The summed E-state index contributed by atoms with van der Waals surface area (Å²) >= 11 is 6.19. The maximum atomic E-state index is 12.9. The van der Waals surface area contributed by atoms with Crippen LogP contribution in [-0.2, 0) is 15.1 Å². The monoisotopic (exact) mass is 401 g/mol. The molecule has 1 heterocycles. The molecule has 2 N–H and O–H groups in total. The number of nitrogens with zero attached hydrogens (tertiary/aromatic N) is 1. The van der Waals surface area contributed by atoms with Crippen LogP contribution in [-0.4, -0.2) is 35.9 Å². The lowest BCUT2D eigenvalue weighted by Gasteiger charge is -2.23. The molecule has 0 bridgehead atoms. The topological polar surface area (TPSA) is 87.7 Å². The van der Waals surface area contributed by atoms with Crippen molar-refractivity contribution < 1.29 is 19.1 Å². The van der Waals surface area contributed by atoms with E-state index in [9.17, 15) is 14.4 Å². The molecule has 1 unspecified atom stereocenters. The Balaban J connectivity index is 1.70. The molecular weight excluding hydrogens is 382 g/mol. The minimum atomic E-state index is -1.32. The summed E-state index contributed by atoms with van der Waals surface area (Å²) in [6.07, 6.45) is 0. The van der Waals surface area contributed by atoms with Gasteiger partial charge < -0.3 is 15.4 Å². The van der Waals surface area contributed by atoms with Crippen molar-refractivity contribution in [3.05, 3.63) is 59.1 Å². The lowest BCUT2D eigenvalue weighted by atomic mass is 9.92. The zero-order valence-electron chi connectivity index (χ0n) is 15.5. The van der Waals surface area contributed by atoms with Crippen LogP contribution in [0.3, 0.4) is 0 Å². The summed E-state index contributed by atoms with van der Waals surface area (Å²) in [5.74, 6) is -0.339. The largest absolute Gasteiger partial charge is 0.494 e. The summed E-state index contributed by atoms with van der Waals surface area (Å²) in [6.45, 7) is 3.59. The van der Waals surface area contributed by atoms with Gasteiger partial charge in [0.1, 0.15) is 17.8 Å². The third-order valence-electron chi connectivity index (χ3n) is 4.44. The summed E-state index contributed by atoms with van der Waals surface area (Å²) in [5.41, 5.74) is -0.312. The van der Waals surface area contributed by atoms with Gasteiger partial charge in [0, 0.05) is 16.3 Å². The summed E-state index contributed by atoms with van der Waals surface area (Å²) in [6, 6.07) is 12.9. The molecule has 1 atom stereocenters. The van der Waals surface area contributed by atoms with Crippen LogP contribution in [0.1, 0.15) is 19.4 Å². The predicted octanol–water partition coefficient (Wildman–Crippen LogP) is 3.14. The molecule has 0 aliphatic carbocycles. The van der Waals surface area contributed by atoms with Crippen LogP contribution >= 0.6 is 11.6 Å². The van der Waals surface area contributed by atoms with Crippen molar-refractivity contribution in [2.24, 2.45) is 0 Å². The van der Waals surface area contributed by atoms with E-state index in [2.05, 4.69) is 10.6 Å². The molecule has 2 aromatic rings. The SMILES string of the molecule is CCOc1ccc(NC(=O)CN2C(=O)NC(C)(c3ccccc3Cl)C2=O)cc1. The molecule has 28 heavy (non-hydrogen) atoms. The average Bonchev–Trinajstić information content (AvgIpc) is 2.88. The van der Waals surface area contributed by atoms with Gasteiger partial charge in [-0.2, -0.15) is 0 Å². The Hall–Kier alpha value is -3.06. The Morgan fingerprint density at radius 1 is 1.18 bits per heavy atom. The van der Waals surface area contributed by atoms with Crippen molar-refractivity contribution in [2.75, 3.05) is 18.5 Å². The zero-order valence-corrected chi connectivity index (χ0v) is 16.2. The Kier molecular flexibility index (Phi) is 5.56. The van der Waals surface area contributed by atoms with E-state index in [1.54, 1.807) is 55.5 Å². The second kappa shape index (κ2) is 7.90. The van der Waals surface area contributed by atoms with Crippen LogP contribution in [0.5, 0.6) is 5.75 Å². The van der Waals surface area contributed by atoms with Gasteiger partial charge in [-0.05, 0) is 44.2 Å². The maximum Gasteiger partial charge on any atom is 0.325 e. The number of amides is 4. The molecule has 8 heteroatoms. The van der Waals surface area contributed by atoms with Gasteiger partial charge >= 0.3 is 6.03 Å². The molecule has 0 radical (unpaired) electrons. The normalized spacial score (nSPS) is 18.8. The molecule has 7 nitrogen and oxygen atoms in total. The number of hydrogen-bond acceptors (Lipinski definition) is 4. The van der Waals surface area contributed by atoms with E-state index in [4.69, 9.17) is 16.3 Å². The number of urea groups is 1. The standard InChI is InChI=1S/C20H20ClN3O4/c1-3-28-14-10-8-13(9-11-14)22-17(25)12-24-18(26)20(2,23-19(24)27)15-6-4-5-7-16(15)21/h4-11H,3,12H2,1-2H3,(H,22,25)(H,23,27). The van der Waals surface area contributed by atoms with Crippen LogP contribution < -0.4 is 15.4 Å². The van der Waals surface area contributed by atoms with Crippen molar-refractivity contribution in [2.45, 2.75) is 19.4 Å². The second-order valence-corrected chi connectivity index (χ2v) is 6.84. The Morgan fingerprint density at radius 3 is 2.50 bits per heavy atom. The molecule has 1 saturated heterocycles. The summed E-state index contributed by atoms with van der Waals surface area (Å²) in [5, 5.41) is 5.66. The number of halogens is 1. The molecule has 1 fully saturated rings. The van der Waals surface area contributed by atoms with Gasteiger partial charge in [0.05, 0.1) is 6.61 Å². The fraction of sp³-hybridized carbons (Fsp3) is 0.250. The third-order valence-corrected chi connectivity index (χ3v) is 4.77. The van der Waals surface area contributed by atoms with Crippen LogP contribution in [0.4, 0.5) is 10.5 Å². The van der Waals surface area contributed by atoms with Gasteiger partial charge in [-0.1, -0.05) is 29.8 Å². The van der Waals surface area contributed by atoms with Gasteiger partial charge in [-0.3, -0.25) is 14.5 Å². The van der Waals surface area contributed by atoms with Crippen LogP contribution in [0.15, 0.2) is 48.5 Å².